The predicted molar refractivity (Wildman–Crippen MR) is 98.7 cm³/mol. The van der Waals surface area contributed by atoms with Crippen LogP contribution in [0, 0.1) is 0 Å². The van der Waals surface area contributed by atoms with Crippen molar-refractivity contribution in [1.82, 2.24) is 10.1 Å². The van der Waals surface area contributed by atoms with E-state index in [9.17, 15) is 0 Å². The normalized spacial score (nSPS) is 10.5. The molecule has 0 bridgehead atoms. The smallest absolute Gasteiger partial charge is 0.264 e. The summed E-state index contributed by atoms with van der Waals surface area (Å²) >= 11 is 3.43. The molecule has 0 amide bonds. The highest BCUT2D eigenvalue weighted by Crippen LogP contribution is 2.29. The zero-order valence-corrected chi connectivity index (χ0v) is 15.3. The summed E-state index contributed by atoms with van der Waals surface area (Å²) in [5.41, 5.74) is 1.98. The molecular formula is C19H17BrN2O3. The number of benzene rings is 2. The van der Waals surface area contributed by atoms with Crippen molar-refractivity contribution < 1.29 is 14.0 Å². The molecule has 0 spiro atoms. The monoisotopic (exact) mass is 400 g/mol. The van der Waals surface area contributed by atoms with Gasteiger partial charge in [0, 0.05) is 10.0 Å². The molecule has 1 heterocycles. The van der Waals surface area contributed by atoms with Crippen LogP contribution in [-0.2, 0) is 13.0 Å². The fraction of sp³-hybridized carbons (Fsp3) is 0.158. The van der Waals surface area contributed by atoms with Gasteiger partial charge in [-0.3, -0.25) is 0 Å². The van der Waals surface area contributed by atoms with Crippen molar-refractivity contribution in [3.05, 3.63) is 71.0 Å². The lowest BCUT2D eigenvalue weighted by Gasteiger charge is -2.10. The van der Waals surface area contributed by atoms with E-state index < -0.39 is 0 Å². The van der Waals surface area contributed by atoms with Gasteiger partial charge in [-0.15, -0.1) is 6.58 Å². The maximum atomic E-state index is 5.76. The van der Waals surface area contributed by atoms with Gasteiger partial charge in [0.1, 0.15) is 0 Å². The Morgan fingerprint density at radius 2 is 2.08 bits per heavy atom. The molecule has 2 aromatic carbocycles. The lowest BCUT2D eigenvalue weighted by molar-refractivity contribution is 0.233. The Morgan fingerprint density at radius 3 is 2.84 bits per heavy atom. The van der Waals surface area contributed by atoms with Crippen LogP contribution in [0.2, 0.25) is 0 Å². The Morgan fingerprint density at radius 1 is 1.20 bits per heavy atom. The quantitative estimate of drug-likeness (QED) is 0.532. The van der Waals surface area contributed by atoms with Crippen LogP contribution in [0.25, 0.3) is 11.4 Å². The summed E-state index contributed by atoms with van der Waals surface area (Å²) in [6, 6.07) is 13.5. The van der Waals surface area contributed by atoms with E-state index >= 15 is 0 Å². The third-order valence-electron chi connectivity index (χ3n) is 3.51. The number of hydrogen-bond donors (Lipinski definition) is 0. The van der Waals surface area contributed by atoms with Crippen molar-refractivity contribution in [2.24, 2.45) is 0 Å². The van der Waals surface area contributed by atoms with Gasteiger partial charge in [0.15, 0.2) is 18.1 Å². The summed E-state index contributed by atoms with van der Waals surface area (Å²) in [6.07, 6.45) is 2.62. The minimum atomic E-state index is 0.165. The summed E-state index contributed by atoms with van der Waals surface area (Å²) in [6.45, 7) is 3.90. The largest absolute Gasteiger partial charge is 0.493 e. The highest BCUT2D eigenvalue weighted by Gasteiger charge is 2.11. The number of rotatable bonds is 7. The first kappa shape index (κ1) is 17.2. The second-order valence-corrected chi connectivity index (χ2v) is 6.20. The molecule has 25 heavy (non-hydrogen) atoms. The minimum absolute atomic E-state index is 0.165. The van der Waals surface area contributed by atoms with Gasteiger partial charge in [-0.25, -0.2) is 0 Å². The topological polar surface area (TPSA) is 57.4 Å². The van der Waals surface area contributed by atoms with Crippen molar-refractivity contribution in [2.75, 3.05) is 7.11 Å². The summed E-state index contributed by atoms with van der Waals surface area (Å²) in [5, 5.41) is 3.99. The first-order valence-electron chi connectivity index (χ1n) is 7.68. The van der Waals surface area contributed by atoms with Crippen LogP contribution in [-0.4, -0.2) is 17.3 Å². The van der Waals surface area contributed by atoms with Gasteiger partial charge in [-0.05, 0) is 36.2 Å². The van der Waals surface area contributed by atoms with Gasteiger partial charge in [-0.2, -0.15) is 4.98 Å². The van der Waals surface area contributed by atoms with Crippen molar-refractivity contribution in [1.29, 1.82) is 0 Å². The Hall–Kier alpha value is -2.60. The van der Waals surface area contributed by atoms with E-state index in [1.54, 1.807) is 7.11 Å². The molecular weight excluding hydrogens is 384 g/mol. The summed E-state index contributed by atoms with van der Waals surface area (Å²) in [7, 11) is 1.61. The van der Waals surface area contributed by atoms with Gasteiger partial charge in [0.2, 0.25) is 5.82 Å². The first-order chi connectivity index (χ1) is 12.2. The van der Waals surface area contributed by atoms with E-state index in [-0.39, 0.29) is 6.61 Å². The minimum Gasteiger partial charge on any atom is -0.493 e. The maximum Gasteiger partial charge on any atom is 0.264 e. The van der Waals surface area contributed by atoms with E-state index in [4.69, 9.17) is 14.0 Å². The number of allylic oxidation sites excluding steroid dienone is 1. The molecule has 6 heteroatoms. The summed E-state index contributed by atoms with van der Waals surface area (Å²) < 4.78 is 17.4. The SMILES string of the molecule is C=CCc1ccc(OCc2nc(-c3cccc(Br)c3)no2)c(OC)c1. The summed E-state index contributed by atoms with van der Waals surface area (Å²) in [4.78, 5) is 4.36. The molecule has 0 radical (unpaired) electrons. The number of halogens is 1. The number of nitrogens with zero attached hydrogens (tertiary/aromatic N) is 2. The lowest BCUT2D eigenvalue weighted by atomic mass is 10.1. The molecule has 0 aliphatic rings. The standard InChI is InChI=1S/C19H17BrN2O3/c1-3-5-13-8-9-16(17(10-13)23-2)24-12-18-21-19(22-25-18)14-6-4-7-15(20)11-14/h3-4,6-11H,1,5,12H2,2H3. The maximum absolute atomic E-state index is 5.76. The second kappa shape index (κ2) is 7.98. The van der Waals surface area contributed by atoms with Crippen molar-refractivity contribution in [3.63, 3.8) is 0 Å². The van der Waals surface area contributed by atoms with Crippen LogP contribution in [0.3, 0.4) is 0 Å². The zero-order chi connectivity index (χ0) is 17.6. The van der Waals surface area contributed by atoms with Crippen molar-refractivity contribution >= 4 is 15.9 Å². The molecule has 0 aliphatic carbocycles. The van der Waals surface area contributed by atoms with E-state index in [1.807, 2.05) is 48.5 Å². The van der Waals surface area contributed by atoms with E-state index in [0.717, 1.165) is 22.0 Å². The van der Waals surface area contributed by atoms with Crippen molar-refractivity contribution in [3.8, 4) is 22.9 Å². The Kier molecular flexibility index (Phi) is 5.50. The zero-order valence-electron chi connectivity index (χ0n) is 13.7. The van der Waals surface area contributed by atoms with E-state index in [2.05, 4.69) is 32.6 Å². The van der Waals surface area contributed by atoms with E-state index in [0.29, 0.717) is 23.2 Å². The van der Waals surface area contributed by atoms with Crippen LogP contribution in [0.1, 0.15) is 11.5 Å². The van der Waals surface area contributed by atoms with Crippen LogP contribution in [0.4, 0.5) is 0 Å². The summed E-state index contributed by atoms with van der Waals surface area (Å²) in [5.74, 6) is 2.20. The average molecular weight is 401 g/mol. The third kappa shape index (κ3) is 4.28. The first-order valence-corrected chi connectivity index (χ1v) is 8.48. The Labute approximate surface area is 154 Å². The van der Waals surface area contributed by atoms with Gasteiger partial charge < -0.3 is 14.0 Å². The number of ether oxygens (including phenoxy) is 2. The molecule has 3 rings (SSSR count). The number of aromatic nitrogens is 2. The molecule has 3 aromatic rings. The number of methoxy groups -OCH3 is 1. The molecule has 0 aliphatic heterocycles. The molecule has 0 atom stereocenters. The average Bonchev–Trinajstić information content (AvgIpc) is 3.10. The molecule has 0 unspecified atom stereocenters. The Bertz CT molecular complexity index is 877. The van der Waals surface area contributed by atoms with Gasteiger partial charge in [0.25, 0.3) is 5.89 Å². The second-order valence-electron chi connectivity index (χ2n) is 5.29. The molecule has 0 saturated carbocycles. The molecule has 1 aromatic heterocycles. The molecule has 5 nitrogen and oxygen atoms in total. The highest BCUT2D eigenvalue weighted by atomic mass is 79.9. The molecule has 0 fully saturated rings. The van der Waals surface area contributed by atoms with E-state index in [1.165, 1.54) is 0 Å². The highest BCUT2D eigenvalue weighted by molar-refractivity contribution is 9.10. The van der Waals surface area contributed by atoms with Crippen LogP contribution in [0.15, 0.2) is 64.1 Å². The third-order valence-corrected chi connectivity index (χ3v) is 4.00. The van der Waals surface area contributed by atoms with Gasteiger partial charge >= 0.3 is 0 Å². The fourth-order valence-electron chi connectivity index (χ4n) is 2.32. The fourth-order valence-corrected chi connectivity index (χ4v) is 2.72. The molecule has 0 N–H and O–H groups in total. The van der Waals surface area contributed by atoms with Crippen LogP contribution in [0.5, 0.6) is 11.5 Å². The van der Waals surface area contributed by atoms with Crippen LogP contribution >= 0.6 is 15.9 Å². The molecule has 0 saturated heterocycles. The van der Waals surface area contributed by atoms with Gasteiger partial charge in [0.05, 0.1) is 7.11 Å². The van der Waals surface area contributed by atoms with Crippen molar-refractivity contribution in [2.45, 2.75) is 13.0 Å². The predicted octanol–water partition coefficient (Wildman–Crippen LogP) is 4.82. The van der Waals surface area contributed by atoms with Crippen LogP contribution < -0.4 is 9.47 Å². The number of hydrogen-bond acceptors (Lipinski definition) is 5. The Balaban J connectivity index is 1.71. The lowest BCUT2D eigenvalue weighted by Crippen LogP contribution is -1.98. The van der Waals surface area contributed by atoms with Gasteiger partial charge in [-0.1, -0.05) is 45.4 Å². The molecule has 128 valence electrons.